The molecule has 1 aliphatic rings. The van der Waals surface area contributed by atoms with Gasteiger partial charge in [0, 0.05) is 19.6 Å². The highest BCUT2D eigenvalue weighted by molar-refractivity contribution is 5.79. The van der Waals surface area contributed by atoms with Gasteiger partial charge >= 0.3 is 0 Å². The van der Waals surface area contributed by atoms with Crippen LogP contribution in [0.5, 0.6) is 0 Å². The molecule has 0 saturated carbocycles. The Morgan fingerprint density at radius 1 is 1.46 bits per heavy atom. The number of carbonyl (C=O) groups excluding carboxylic acids is 1. The Bertz CT molecular complexity index is 150. The van der Waals surface area contributed by atoms with Crippen LogP contribution >= 0.6 is 0 Å². The number of ketones is 1. The van der Waals surface area contributed by atoms with Crippen molar-refractivity contribution in [2.75, 3.05) is 19.8 Å². The van der Waals surface area contributed by atoms with E-state index < -0.39 is 0 Å². The zero-order chi connectivity index (χ0) is 9.52. The Morgan fingerprint density at radius 3 is 2.77 bits per heavy atom. The van der Waals surface area contributed by atoms with E-state index in [0.717, 1.165) is 32.5 Å². The average molecular weight is 186 g/mol. The first-order valence-electron chi connectivity index (χ1n) is 5.04. The average Bonchev–Trinajstić information content (AvgIpc) is 2.17. The van der Waals surface area contributed by atoms with Crippen molar-refractivity contribution >= 4 is 5.78 Å². The lowest BCUT2D eigenvalue weighted by Crippen LogP contribution is -2.25. The minimum Gasteiger partial charge on any atom is -0.381 e. The van der Waals surface area contributed by atoms with Crippen molar-refractivity contribution in [3.63, 3.8) is 0 Å². The van der Waals surface area contributed by atoms with Gasteiger partial charge in [-0.1, -0.05) is 6.92 Å². The van der Waals surface area contributed by atoms with Crippen LogP contribution in [0.25, 0.3) is 0 Å². The summed E-state index contributed by atoms with van der Waals surface area (Å²) in [7, 11) is 0. The molecular weight excluding hydrogens is 168 g/mol. The fourth-order valence-electron chi connectivity index (χ4n) is 1.40. The van der Waals surface area contributed by atoms with Gasteiger partial charge in [-0.05, 0) is 19.3 Å². The summed E-state index contributed by atoms with van der Waals surface area (Å²) in [6.07, 6.45) is 3.66. The molecule has 1 fully saturated rings. The lowest BCUT2D eigenvalue weighted by atomic mass is 10.1. The normalized spacial score (nSPS) is 18.8. The van der Waals surface area contributed by atoms with Crippen LogP contribution in [0.15, 0.2) is 0 Å². The molecule has 76 valence electrons. The number of rotatable bonds is 5. The van der Waals surface area contributed by atoms with E-state index in [4.69, 9.17) is 9.47 Å². The fourth-order valence-corrected chi connectivity index (χ4v) is 1.40. The Morgan fingerprint density at radius 2 is 2.15 bits per heavy atom. The molecule has 0 aromatic carbocycles. The van der Waals surface area contributed by atoms with Crippen LogP contribution in [-0.4, -0.2) is 31.7 Å². The second-order valence-electron chi connectivity index (χ2n) is 3.41. The smallest absolute Gasteiger partial charge is 0.158 e. The molecule has 13 heavy (non-hydrogen) atoms. The Hall–Kier alpha value is -0.410. The highest BCUT2D eigenvalue weighted by Gasteiger charge is 2.14. The van der Waals surface area contributed by atoms with Crippen LogP contribution < -0.4 is 0 Å². The zero-order valence-corrected chi connectivity index (χ0v) is 8.25. The van der Waals surface area contributed by atoms with Crippen molar-refractivity contribution in [1.82, 2.24) is 0 Å². The molecule has 0 bridgehead atoms. The molecule has 0 aliphatic carbocycles. The van der Waals surface area contributed by atoms with Crippen LogP contribution in [0.1, 0.15) is 32.6 Å². The lowest BCUT2D eigenvalue weighted by Gasteiger charge is -2.21. The van der Waals surface area contributed by atoms with Crippen molar-refractivity contribution in [3.8, 4) is 0 Å². The fraction of sp³-hybridized carbons (Fsp3) is 0.900. The molecule has 1 aliphatic heterocycles. The molecule has 1 rings (SSSR count). The molecule has 0 spiro atoms. The topological polar surface area (TPSA) is 35.5 Å². The highest BCUT2D eigenvalue weighted by Crippen LogP contribution is 2.10. The summed E-state index contributed by atoms with van der Waals surface area (Å²) < 4.78 is 10.7. The van der Waals surface area contributed by atoms with Crippen molar-refractivity contribution in [2.45, 2.75) is 38.7 Å². The first-order valence-corrected chi connectivity index (χ1v) is 5.04. The van der Waals surface area contributed by atoms with Gasteiger partial charge in [-0.2, -0.15) is 0 Å². The van der Waals surface area contributed by atoms with E-state index in [-0.39, 0.29) is 11.9 Å². The summed E-state index contributed by atoms with van der Waals surface area (Å²) in [6, 6.07) is 0. The Kier molecular flexibility index (Phi) is 5.01. The summed E-state index contributed by atoms with van der Waals surface area (Å²) >= 11 is 0. The number of Topliss-reactive ketones (excluding diaryl/α,β-unsaturated/α-hetero) is 1. The van der Waals surface area contributed by atoms with Crippen molar-refractivity contribution in [3.05, 3.63) is 0 Å². The number of hydrogen-bond acceptors (Lipinski definition) is 3. The maximum absolute atomic E-state index is 11.1. The minimum absolute atomic E-state index is 0.217. The number of hydrogen-bond donors (Lipinski definition) is 0. The maximum atomic E-state index is 11.1. The number of ether oxygens (including phenoxy) is 2. The number of carbonyl (C=O) groups is 1. The van der Waals surface area contributed by atoms with E-state index in [2.05, 4.69) is 0 Å². The molecule has 0 unspecified atom stereocenters. The Balaban J connectivity index is 2.06. The molecule has 0 N–H and O–H groups in total. The van der Waals surface area contributed by atoms with E-state index in [1.807, 2.05) is 6.92 Å². The molecule has 3 nitrogen and oxygen atoms in total. The van der Waals surface area contributed by atoms with Crippen molar-refractivity contribution in [2.24, 2.45) is 0 Å². The van der Waals surface area contributed by atoms with Crippen molar-refractivity contribution < 1.29 is 14.3 Å². The summed E-state index contributed by atoms with van der Waals surface area (Å²) in [5.74, 6) is 0.217. The maximum Gasteiger partial charge on any atom is 0.158 e. The quantitative estimate of drug-likeness (QED) is 0.653. The zero-order valence-electron chi connectivity index (χ0n) is 8.25. The molecule has 1 saturated heterocycles. The van der Waals surface area contributed by atoms with E-state index in [1.54, 1.807) is 0 Å². The molecular formula is C10H18O3. The standard InChI is InChI=1S/C10H18O3/c1-2-3-9(11)8-13-10-4-6-12-7-5-10/h10H,2-8H2,1H3. The monoisotopic (exact) mass is 186 g/mol. The third-order valence-electron chi connectivity index (χ3n) is 2.18. The largest absolute Gasteiger partial charge is 0.381 e. The second-order valence-corrected chi connectivity index (χ2v) is 3.41. The first kappa shape index (κ1) is 10.7. The lowest BCUT2D eigenvalue weighted by molar-refractivity contribution is -0.127. The first-order chi connectivity index (χ1) is 6.33. The molecule has 0 amide bonds. The van der Waals surface area contributed by atoms with Gasteiger partial charge in [0.15, 0.2) is 5.78 Å². The van der Waals surface area contributed by atoms with E-state index in [9.17, 15) is 4.79 Å². The summed E-state index contributed by atoms with van der Waals surface area (Å²) in [5.41, 5.74) is 0. The summed E-state index contributed by atoms with van der Waals surface area (Å²) in [4.78, 5) is 11.1. The van der Waals surface area contributed by atoms with Gasteiger partial charge in [0.2, 0.25) is 0 Å². The molecule has 1 heterocycles. The van der Waals surface area contributed by atoms with Crippen LogP contribution in [-0.2, 0) is 14.3 Å². The molecule has 3 heteroatoms. The molecule has 0 atom stereocenters. The third kappa shape index (κ3) is 4.39. The predicted molar refractivity (Wildman–Crippen MR) is 49.7 cm³/mol. The SMILES string of the molecule is CCCC(=O)COC1CCOCC1. The van der Waals surface area contributed by atoms with Crippen LogP contribution in [0.2, 0.25) is 0 Å². The van der Waals surface area contributed by atoms with E-state index in [1.165, 1.54) is 0 Å². The molecule has 0 radical (unpaired) electrons. The van der Waals surface area contributed by atoms with Gasteiger partial charge in [-0.3, -0.25) is 4.79 Å². The third-order valence-corrected chi connectivity index (χ3v) is 2.18. The Labute approximate surface area is 79.4 Å². The van der Waals surface area contributed by atoms with Gasteiger partial charge in [0.05, 0.1) is 6.10 Å². The molecule has 0 aromatic heterocycles. The minimum atomic E-state index is 0.217. The van der Waals surface area contributed by atoms with Crippen molar-refractivity contribution in [1.29, 1.82) is 0 Å². The summed E-state index contributed by atoms with van der Waals surface area (Å²) in [5, 5.41) is 0. The summed E-state index contributed by atoms with van der Waals surface area (Å²) in [6.45, 7) is 3.84. The highest BCUT2D eigenvalue weighted by atomic mass is 16.5. The van der Waals surface area contributed by atoms with Gasteiger partial charge in [-0.15, -0.1) is 0 Å². The van der Waals surface area contributed by atoms with Gasteiger partial charge in [-0.25, -0.2) is 0 Å². The molecule has 0 aromatic rings. The van der Waals surface area contributed by atoms with Gasteiger partial charge < -0.3 is 9.47 Å². The van der Waals surface area contributed by atoms with Crippen LogP contribution in [0.4, 0.5) is 0 Å². The van der Waals surface area contributed by atoms with Crippen LogP contribution in [0.3, 0.4) is 0 Å². The van der Waals surface area contributed by atoms with Crippen LogP contribution in [0, 0.1) is 0 Å². The van der Waals surface area contributed by atoms with Gasteiger partial charge in [0.1, 0.15) is 6.61 Å². The predicted octanol–water partition coefficient (Wildman–Crippen LogP) is 1.55. The van der Waals surface area contributed by atoms with Gasteiger partial charge in [0.25, 0.3) is 0 Å². The second kappa shape index (κ2) is 6.11. The van der Waals surface area contributed by atoms with E-state index >= 15 is 0 Å². The van der Waals surface area contributed by atoms with E-state index in [0.29, 0.717) is 13.0 Å².